The molecule has 0 atom stereocenters. The Labute approximate surface area is 258 Å². The fraction of sp³-hybridized carbons (Fsp3) is 0.163. The Hall–Kier alpha value is -4.68. The van der Waals surface area contributed by atoms with Crippen LogP contribution < -0.4 is 0 Å². The van der Waals surface area contributed by atoms with Crippen molar-refractivity contribution < 1.29 is 0 Å². The van der Waals surface area contributed by atoms with Crippen molar-refractivity contribution in [3.63, 3.8) is 0 Å². The summed E-state index contributed by atoms with van der Waals surface area (Å²) in [6.07, 6.45) is 0. The Bertz CT molecular complexity index is 1900. The molecule has 7 aromatic carbocycles. The second-order valence-corrected chi connectivity index (χ2v) is 9.81. The molecule has 0 aliphatic carbocycles. The van der Waals surface area contributed by atoms with Crippen LogP contribution in [0.2, 0.25) is 0 Å². The number of aryl methyl sites for hydroxylation is 1. The minimum Gasteiger partial charge on any atom is -0.0683 e. The minimum atomic E-state index is 1.24. The predicted octanol–water partition coefficient (Wildman–Crippen LogP) is 13.5. The highest BCUT2D eigenvalue weighted by atomic mass is 14.2. The molecule has 0 amide bonds. The van der Waals surface area contributed by atoms with Gasteiger partial charge in [-0.1, -0.05) is 187 Å². The van der Waals surface area contributed by atoms with E-state index in [1.807, 2.05) is 41.5 Å². The predicted molar refractivity (Wildman–Crippen MR) is 194 cm³/mol. The molecule has 0 aliphatic rings. The van der Waals surface area contributed by atoms with Crippen molar-refractivity contribution in [3.8, 4) is 33.4 Å². The molecule has 0 N–H and O–H groups in total. The Morgan fingerprint density at radius 1 is 0.326 bits per heavy atom. The first kappa shape index (κ1) is 31.3. The lowest BCUT2D eigenvalue weighted by Crippen LogP contribution is -1.92. The van der Waals surface area contributed by atoms with E-state index < -0.39 is 0 Å². The van der Waals surface area contributed by atoms with Gasteiger partial charge in [-0.2, -0.15) is 0 Å². The zero-order valence-corrected chi connectivity index (χ0v) is 26.8. The van der Waals surface area contributed by atoms with Gasteiger partial charge in [0.2, 0.25) is 0 Å². The van der Waals surface area contributed by atoms with Gasteiger partial charge in [0.1, 0.15) is 0 Å². The molecule has 216 valence electrons. The van der Waals surface area contributed by atoms with Crippen molar-refractivity contribution in [2.75, 3.05) is 0 Å². The molecule has 0 aliphatic heterocycles. The van der Waals surface area contributed by atoms with Gasteiger partial charge in [0.25, 0.3) is 0 Å². The highest BCUT2D eigenvalue weighted by Gasteiger charge is 2.18. The van der Waals surface area contributed by atoms with Crippen LogP contribution in [0.1, 0.15) is 47.1 Å². The number of rotatable bonds is 3. The zero-order valence-electron chi connectivity index (χ0n) is 26.8. The van der Waals surface area contributed by atoms with Crippen LogP contribution >= 0.6 is 0 Å². The summed E-state index contributed by atoms with van der Waals surface area (Å²) in [5, 5.41) is 7.73. The molecule has 0 saturated carbocycles. The maximum Gasteiger partial charge on any atom is -0.00201 e. The van der Waals surface area contributed by atoms with Gasteiger partial charge < -0.3 is 0 Å². The molecule has 7 rings (SSSR count). The van der Waals surface area contributed by atoms with E-state index in [-0.39, 0.29) is 0 Å². The summed E-state index contributed by atoms with van der Waals surface area (Å²) >= 11 is 0. The molecule has 0 aromatic heterocycles. The molecule has 0 radical (unpaired) electrons. The van der Waals surface area contributed by atoms with Gasteiger partial charge in [-0.3, -0.25) is 0 Å². The third kappa shape index (κ3) is 6.25. The van der Waals surface area contributed by atoms with Gasteiger partial charge in [-0.05, 0) is 72.6 Å². The van der Waals surface area contributed by atoms with Gasteiger partial charge in [-0.15, -0.1) is 0 Å². The molecule has 0 unspecified atom stereocenters. The van der Waals surface area contributed by atoms with E-state index in [0.717, 1.165) is 0 Å². The Kier molecular flexibility index (Phi) is 10.9. The van der Waals surface area contributed by atoms with Crippen molar-refractivity contribution in [2.45, 2.75) is 48.5 Å². The number of hydrogen-bond acceptors (Lipinski definition) is 0. The second kappa shape index (κ2) is 15.0. The highest BCUT2D eigenvalue weighted by Crippen LogP contribution is 2.45. The van der Waals surface area contributed by atoms with Crippen LogP contribution in [0.4, 0.5) is 0 Å². The topological polar surface area (TPSA) is 0 Å². The lowest BCUT2D eigenvalue weighted by Gasteiger charge is -2.19. The molecule has 43 heavy (non-hydrogen) atoms. The van der Waals surface area contributed by atoms with Crippen LogP contribution in [0.25, 0.3) is 65.7 Å². The molecule has 0 nitrogen and oxygen atoms in total. The third-order valence-corrected chi connectivity index (χ3v) is 7.52. The van der Waals surface area contributed by atoms with Crippen molar-refractivity contribution in [1.29, 1.82) is 0 Å². The first-order valence-corrected chi connectivity index (χ1v) is 15.9. The summed E-state index contributed by atoms with van der Waals surface area (Å²) in [4.78, 5) is 0. The fourth-order valence-electron chi connectivity index (χ4n) is 5.80. The van der Waals surface area contributed by atoms with Crippen LogP contribution in [0.3, 0.4) is 0 Å². The lowest BCUT2D eigenvalue weighted by molar-refractivity contribution is 1.50. The average molecular weight is 561 g/mol. The highest BCUT2D eigenvalue weighted by molar-refractivity contribution is 6.23. The summed E-state index contributed by atoms with van der Waals surface area (Å²) < 4.78 is 0. The maximum absolute atomic E-state index is 2.36. The number of hydrogen-bond donors (Lipinski definition) is 0. The molecule has 0 spiro atoms. The quantitative estimate of drug-likeness (QED) is 0.189. The molecular formula is C43H44. The lowest BCUT2D eigenvalue weighted by atomic mass is 9.84. The largest absolute Gasteiger partial charge is 0.0683 e. The van der Waals surface area contributed by atoms with Gasteiger partial charge in [0.15, 0.2) is 0 Å². The fourth-order valence-corrected chi connectivity index (χ4v) is 5.80. The van der Waals surface area contributed by atoms with Crippen molar-refractivity contribution in [1.82, 2.24) is 0 Å². The molecule has 0 fully saturated rings. The SMILES string of the molecule is CC.CC.CC.Cc1ccc2c(-c3cccc4ccccc34)c3ccccc3c(-c3ccc(-c4ccccc4)cc3)c2c1. The van der Waals surface area contributed by atoms with Gasteiger partial charge in [0.05, 0.1) is 0 Å². The normalized spacial score (nSPS) is 10.2. The van der Waals surface area contributed by atoms with E-state index in [4.69, 9.17) is 0 Å². The van der Waals surface area contributed by atoms with E-state index in [1.165, 1.54) is 71.3 Å². The van der Waals surface area contributed by atoms with Crippen LogP contribution in [0, 0.1) is 6.92 Å². The van der Waals surface area contributed by atoms with Crippen LogP contribution in [-0.4, -0.2) is 0 Å². The Morgan fingerprint density at radius 3 is 1.49 bits per heavy atom. The van der Waals surface area contributed by atoms with Crippen molar-refractivity contribution in [2.24, 2.45) is 0 Å². The average Bonchev–Trinajstić information content (AvgIpc) is 3.10. The van der Waals surface area contributed by atoms with Crippen molar-refractivity contribution >= 4 is 32.3 Å². The molecular weight excluding hydrogens is 516 g/mol. The molecule has 0 heteroatoms. The number of fused-ring (bicyclic) bond motifs is 3. The van der Waals surface area contributed by atoms with E-state index in [0.29, 0.717) is 0 Å². The summed E-state index contributed by atoms with van der Waals surface area (Å²) in [5.74, 6) is 0. The van der Waals surface area contributed by atoms with Crippen LogP contribution in [-0.2, 0) is 0 Å². The minimum absolute atomic E-state index is 1.24. The van der Waals surface area contributed by atoms with E-state index in [9.17, 15) is 0 Å². The summed E-state index contributed by atoms with van der Waals surface area (Å²) in [5.41, 5.74) is 8.90. The summed E-state index contributed by atoms with van der Waals surface area (Å²) in [6.45, 7) is 14.2. The van der Waals surface area contributed by atoms with Gasteiger partial charge in [0, 0.05) is 0 Å². The van der Waals surface area contributed by atoms with E-state index in [1.54, 1.807) is 0 Å². The maximum atomic E-state index is 2.36. The standard InChI is InChI=1S/C37H26.3C2H6/c1-25-18-23-34-35(24-25)36(29-21-19-27(20-22-29)26-10-3-2-4-11-26)32-15-7-8-16-33(32)37(34)31-17-9-13-28-12-5-6-14-30(28)31;3*1-2/h2-24H,1H3;3*1-2H3. The first-order valence-electron chi connectivity index (χ1n) is 15.9. The van der Waals surface area contributed by atoms with E-state index >= 15 is 0 Å². The second-order valence-electron chi connectivity index (χ2n) is 9.81. The van der Waals surface area contributed by atoms with Crippen LogP contribution in [0.15, 0.2) is 140 Å². The summed E-state index contributed by atoms with van der Waals surface area (Å²) in [6, 6.07) is 50.8. The molecule has 0 heterocycles. The number of benzene rings is 7. The molecule has 0 bridgehead atoms. The first-order chi connectivity index (χ1) is 21.3. The molecule has 7 aromatic rings. The van der Waals surface area contributed by atoms with Gasteiger partial charge in [-0.25, -0.2) is 0 Å². The molecule has 0 saturated heterocycles. The monoisotopic (exact) mass is 560 g/mol. The van der Waals surface area contributed by atoms with E-state index in [2.05, 4.69) is 146 Å². The Morgan fingerprint density at radius 2 is 0.814 bits per heavy atom. The zero-order chi connectivity index (χ0) is 30.8. The van der Waals surface area contributed by atoms with Gasteiger partial charge >= 0.3 is 0 Å². The van der Waals surface area contributed by atoms with Crippen LogP contribution in [0.5, 0.6) is 0 Å². The Balaban J connectivity index is 0.000000666. The van der Waals surface area contributed by atoms with Crippen molar-refractivity contribution in [3.05, 3.63) is 145 Å². The third-order valence-electron chi connectivity index (χ3n) is 7.52. The summed E-state index contributed by atoms with van der Waals surface area (Å²) in [7, 11) is 0. The smallest absolute Gasteiger partial charge is 0.00201 e.